The summed E-state index contributed by atoms with van der Waals surface area (Å²) in [5, 5.41) is -1.10. The average Bonchev–Trinajstić information content (AvgIpc) is 3.61. The molecule has 0 aliphatic rings. The summed E-state index contributed by atoms with van der Waals surface area (Å²) in [6.45, 7) is 0. The van der Waals surface area contributed by atoms with Gasteiger partial charge >= 0.3 is 0 Å². The molecule has 8 rings (SSSR count). The van der Waals surface area contributed by atoms with Crippen molar-refractivity contribution in [2.75, 3.05) is 0 Å². The van der Waals surface area contributed by atoms with Gasteiger partial charge in [-0.3, -0.25) is 4.57 Å². The number of hydrogen-bond acceptors (Lipinski definition) is 1. The molecule has 2 nitrogen and oxygen atoms in total. The molecule has 0 unspecified atom stereocenters. The Kier molecular flexibility index (Phi) is 9.97. The second kappa shape index (κ2) is 14.4. The molecule has 0 amide bonds. The van der Waals surface area contributed by atoms with Crippen molar-refractivity contribution in [3.63, 3.8) is 0 Å². The van der Waals surface area contributed by atoms with Crippen molar-refractivity contribution in [3.05, 3.63) is 96.8 Å². The Labute approximate surface area is 358 Å². The molecular formula is C41H15B15N2. The predicted molar refractivity (Wildman–Crippen MR) is 259 cm³/mol. The molecule has 0 saturated heterocycles. The summed E-state index contributed by atoms with van der Waals surface area (Å²) in [5.74, 6) is 0.170. The quantitative estimate of drug-likeness (QED) is 0.130. The lowest BCUT2D eigenvalue weighted by molar-refractivity contribution is 0.757. The van der Waals surface area contributed by atoms with E-state index in [9.17, 15) is 0 Å². The normalized spacial score (nSPS) is 12.1. The first kappa shape index (κ1) is 40.3. The number of fused-ring (bicyclic) bond motifs is 3. The Morgan fingerprint density at radius 1 is 0.397 bits per heavy atom. The second-order valence-corrected chi connectivity index (χ2v) is 14.6. The molecule has 7 aromatic carbocycles. The third-order valence-corrected chi connectivity index (χ3v) is 11.0. The fourth-order valence-corrected chi connectivity index (χ4v) is 7.70. The van der Waals surface area contributed by atoms with Gasteiger partial charge < -0.3 is 0 Å². The van der Waals surface area contributed by atoms with Crippen LogP contribution in [0, 0.1) is 0 Å². The minimum atomic E-state index is -2.01. The molecule has 0 fully saturated rings. The molecule has 1 heterocycles. The van der Waals surface area contributed by atoms with Crippen LogP contribution in [0.1, 0.15) is 5.82 Å². The Balaban J connectivity index is 1.43. The summed E-state index contributed by atoms with van der Waals surface area (Å²) in [7, 11) is 96.4. The predicted octanol–water partition coefficient (Wildman–Crippen LogP) is -3.66. The standard InChI is InChI=1S/C41H15B15N2/c42-29-27(30(43)34(47)37(50)33(29)46)25-19-5-1-2-6-20(19)26(28-31(44)35(48)38(51)36(49)32(28)45)22-15-17(11-14-21(22)25)16-9-12-18(13-10-16)58-24-8-4-3-7-23(24)57-39(58)40(52,53)41(54,55)56/h1-15H. The average molecular weight is 698 g/mol. The Morgan fingerprint density at radius 3 is 1.31 bits per heavy atom. The van der Waals surface area contributed by atoms with Gasteiger partial charge in [-0.2, -0.15) is 0 Å². The minimum Gasteiger partial charge on any atom is -0.297 e. The van der Waals surface area contributed by atoms with Gasteiger partial charge in [-0.15, -0.1) is 37.9 Å². The number of benzene rings is 7. The van der Waals surface area contributed by atoms with Crippen molar-refractivity contribution in [1.82, 2.24) is 9.55 Å². The molecule has 0 saturated carbocycles. The van der Waals surface area contributed by atoms with Crippen LogP contribution in [0.4, 0.5) is 0 Å². The molecule has 17 heteroatoms. The molecule has 30 radical (unpaired) electrons. The summed E-state index contributed by atoms with van der Waals surface area (Å²) in [5.41, 5.74) is 7.01. The molecule has 0 bridgehead atoms. The van der Waals surface area contributed by atoms with Gasteiger partial charge in [0.2, 0.25) is 0 Å². The van der Waals surface area contributed by atoms with Crippen molar-refractivity contribution >= 4 is 205 Å². The molecule has 58 heavy (non-hydrogen) atoms. The number of imidazole rings is 1. The molecule has 1 aromatic heterocycles. The van der Waals surface area contributed by atoms with Gasteiger partial charge in [0.15, 0.2) is 0 Å². The Morgan fingerprint density at radius 2 is 0.810 bits per heavy atom. The van der Waals surface area contributed by atoms with E-state index in [-0.39, 0.29) is 60.5 Å². The van der Waals surface area contributed by atoms with Gasteiger partial charge in [0, 0.05) is 5.69 Å². The Bertz CT molecular complexity index is 2960. The van der Waals surface area contributed by atoms with Crippen LogP contribution >= 0.6 is 0 Å². The molecular weight excluding hydrogens is 683 g/mol. The van der Waals surface area contributed by atoms with Crippen LogP contribution in [-0.4, -0.2) is 127 Å². The van der Waals surface area contributed by atoms with E-state index >= 15 is 0 Å². The zero-order valence-corrected chi connectivity index (χ0v) is 31.2. The van der Waals surface area contributed by atoms with Gasteiger partial charge in [-0.1, -0.05) is 87.7 Å². The van der Waals surface area contributed by atoms with Crippen LogP contribution < -0.4 is 54.6 Å². The highest BCUT2D eigenvalue weighted by Gasteiger charge is 2.36. The van der Waals surface area contributed by atoms with Gasteiger partial charge in [0.1, 0.15) is 84.3 Å². The first-order valence-electron chi connectivity index (χ1n) is 17.9. The maximum absolute atomic E-state index is 6.77. The van der Waals surface area contributed by atoms with Crippen molar-refractivity contribution < 1.29 is 0 Å². The first-order valence-corrected chi connectivity index (χ1v) is 17.9. The monoisotopic (exact) mass is 700 g/mol. The molecule has 8 aromatic rings. The lowest BCUT2D eigenvalue weighted by Crippen LogP contribution is -2.55. The lowest BCUT2D eigenvalue weighted by atomic mass is 9.23. The molecule has 0 N–H and O–H groups in total. The number of aromatic nitrogens is 2. The van der Waals surface area contributed by atoms with E-state index in [1.54, 1.807) is 4.57 Å². The summed E-state index contributed by atoms with van der Waals surface area (Å²) < 4.78 is 1.78. The van der Waals surface area contributed by atoms with E-state index in [2.05, 4.69) is 4.98 Å². The largest absolute Gasteiger partial charge is 0.297 e. The van der Waals surface area contributed by atoms with Crippen molar-refractivity contribution in [3.8, 4) is 39.1 Å². The summed E-state index contributed by atoms with van der Waals surface area (Å²) in [4.78, 5) is 4.68. The van der Waals surface area contributed by atoms with E-state index < -0.39 is 10.3 Å². The number of hydrogen-bond donors (Lipinski definition) is 0. The fourth-order valence-electron chi connectivity index (χ4n) is 7.70. The second-order valence-electron chi connectivity index (χ2n) is 14.6. The fraction of sp³-hybridized carbons (Fsp3) is 0.0488. The van der Waals surface area contributed by atoms with Crippen LogP contribution in [0.5, 0.6) is 0 Å². The summed E-state index contributed by atoms with van der Waals surface area (Å²) in [6.07, 6.45) is 0. The van der Waals surface area contributed by atoms with E-state index in [1.165, 1.54) is 0 Å². The summed E-state index contributed by atoms with van der Waals surface area (Å²) >= 11 is 0. The highest BCUT2D eigenvalue weighted by Crippen LogP contribution is 2.43. The first-order chi connectivity index (χ1) is 27.4. The third-order valence-electron chi connectivity index (χ3n) is 11.0. The summed E-state index contributed by atoms with van der Waals surface area (Å²) in [6, 6.07) is 28.6. The van der Waals surface area contributed by atoms with E-state index in [4.69, 9.17) is 118 Å². The molecule has 0 spiro atoms. The van der Waals surface area contributed by atoms with Crippen LogP contribution in [0.3, 0.4) is 0 Å². The minimum absolute atomic E-state index is 0.0866. The highest BCUT2D eigenvalue weighted by molar-refractivity contribution is 6.71. The topological polar surface area (TPSA) is 17.8 Å². The lowest BCUT2D eigenvalue weighted by Gasteiger charge is -2.41. The van der Waals surface area contributed by atoms with Crippen molar-refractivity contribution in [1.29, 1.82) is 0 Å². The van der Waals surface area contributed by atoms with Crippen LogP contribution in [-0.2, 0) is 5.21 Å². The maximum Gasteiger partial charge on any atom is 0.113 e. The van der Waals surface area contributed by atoms with Gasteiger partial charge in [0.05, 0.1) is 50.3 Å². The van der Waals surface area contributed by atoms with Crippen LogP contribution in [0.15, 0.2) is 91.0 Å². The van der Waals surface area contributed by atoms with Crippen molar-refractivity contribution in [2.24, 2.45) is 0 Å². The molecule has 0 aliphatic heterocycles. The van der Waals surface area contributed by atoms with E-state index in [1.807, 2.05) is 91.0 Å². The van der Waals surface area contributed by atoms with Crippen LogP contribution in [0.2, 0.25) is 5.11 Å². The third kappa shape index (κ3) is 6.04. The highest BCUT2D eigenvalue weighted by atomic mass is 15.1. The van der Waals surface area contributed by atoms with Crippen LogP contribution in [0.25, 0.3) is 71.6 Å². The zero-order valence-electron chi connectivity index (χ0n) is 31.2. The number of nitrogens with zero attached hydrogens (tertiary/aromatic N) is 2. The SMILES string of the molecule is [B]c1c([B])c([B])c(-c2c3ccccc3c(-c3c([B])c([B])c([B])c([B])c3[B])c3cc(-c4ccc(-n5c(C([B])([B])C([B])([B])[B])nc6ccccc65)cc4)ccc23)c([B])c1[B]. The maximum atomic E-state index is 6.77. The van der Waals surface area contributed by atoms with Gasteiger partial charge in [-0.05, 0) is 85.3 Å². The van der Waals surface area contributed by atoms with E-state index in [0.29, 0.717) is 49.7 Å². The zero-order chi connectivity index (χ0) is 41.7. The molecule has 0 aliphatic carbocycles. The number of para-hydroxylation sites is 2. The van der Waals surface area contributed by atoms with Gasteiger partial charge in [-0.25, -0.2) is 4.98 Å². The van der Waals surface area contributed by atoms with E-state index in [0.717, 1.165) is 21.9 Å². The van der Waals surface area contributed by atoms with Crippen molar-refractivity contribution in [2.45, 2.75) is 10.3 Å². The molecule has 0 atom stereocenters. The smallest absolute Gasteiger partial charge is 0.113 e. The number of rotatable bonds is 6. The Hall–Kier alpha value is -4.50. The molecule has 234 valence electrons. The van der Waals surface area contributed by atoms with Gasteiger partial charge in [0.25, 0.3) is 0 Å².